The number of aromatic nitrogens is 3. The highest BCUT2D eigenvalue weighted by Crippen LogP contribution is 2.29. The third-order valence-corrected chi connectivity index (χ3v) is 7.54. The minimum atomic E-state index is -2.46. The quantitative estimate of drug-likeness (QED) is 0.331. The summed E-state index contributed by atoms with van der Waals surface area (Å²) in [5.74, 6) is 1.45. The Labute approximate surface area is 230 Å². The number of nitrogens with zero attached hydrogens (tertiary/aromatic N) is 5. The average molecular weight is 559 g/mol. The minimum absolute atomic E-state index is 0.00518. The van der Waals surface area contributed by atoms with Gasteiger partial charge in [0.25, 0.3) is 6.43 Å². The highest BCUT2D eigenvalue weighted by molar-refractivity contribution is 7.17. The number of nitrogens with one attached hydrogen (secondary N) is 1. The minimum Gasteiger partial charge on any atom is -0.489 e. The maximum absolute atomic E-state index is 12.9. The summed E-state index contributed by atoms with van der Waals surface area (Å²) in [5.41, 5.74) is 1.64. The number of hydrogen-bond acceptors (Lipinski definition) is 9. The van der Waals surface area contributed by atoms with Crippen LogP contribution in [0.25, 0.3) is 0 Å². The number of ether oxygens (including phenoxy) is 1. The van der Waals surface area contributed by atoms with Crippen LogP contribution in [0.4, 0.5) is 25.7 Å². The van der Waals surface area contributed by atoms with Gasteiger partial charge in [0.2, 0.25) is 11.9 Å². The van der Waals surface area contributed by atoms with Gasteiger partial charge < -0.3 is 19.9 Å². The number of anilines is 3. The zero-order chi connectivity index (χ0) is 28.1. The van der Waals surface area contributed by atoms with Crippen molar-refractivity contribution in [2.75, 3.05) is 41.8 Å². The summed E-state index contributed by atoms with van der Waals surface area (Å²) < 4.78 is 31.6. The topological polar surface area (TPSA) is 101 Å². The molecule has 9 nitrogen and oxygen atoms in total. The van der Waals surface area contributed by atoms with Crippen LogP contribution < -0.4 is 19.9 Å². The Hall–Kier alpha value is -3.67. The Morgan fingerprint density at radius 2 is 1.97 bits per heavy atom. The van der Waals surface area contributed by atoms with Crippen molar-refractivity contribution in [1.82, 2.24) is 15.0 Å². The van der Waals surface area contributed by atoms with E-state index in [0.717, 1.165) is 24.3 Å². The number of Topliss-reactive ketones (excluding diaryl/α,β-unsaturated/α-hetero) is 1. The van der Waals surface area contributed by atoms with Gasteiger partial charge in [-0.2, -0.15) is 4.98 Å². The summed E-state index contributed by atoms with van der Waals surface area (Å²) >= 11 is 1.20. The van der Waals surface area contributed by atoms with Crippen molar-refractivity contribution in [3.63, 3.8) is 0 Å². The average Bonchev–Trinajstić information content (AvgIpc) is 3.50. The fourth-order valence-corrected chi connectivity index (χ4v) is 5.40. The smallest absolute Gasteiger partial charge is 0.255 e. The van der Waals surface area contributed by atoms with Crippen molar-refractivity contribution >= 4 is 39.9 Å². The molecule has 1 saturated heterocycles. The Morgan fingerprint density at radius 3 is 2.67 bits per heavy atom. The number of rotatable bonds is 11. The molecule has 0 radical (unpaired) electrons. The van der Waals surface area contributed by atoms with E-state index in [1.165, 1.54) is 23.2 Å². The molecule has 0 spiro atoms. The molecule has 3 heterocycles. The lowest BCUT2D eigenvalue weighted by atomic mass is 9.95. The standard InChI is InChI=1S/C27H32F2N6O3S/c1-16(13-22(37)25-17(2)31-27(39-25)32-18(3)36)19-5-7-20(8-6-19)38-21-10-12-35(14-21)24-9-11-30-26(33-24)34(4)15-23(28)29/h5-9,11,16,21,23H,10,12-15H2,1-4H3,(H,31,32,36)/t16-,21?/m1/s1. The Kier molecular flexibility index (Phi) is 9.05. The van der Waals surface area contributed by atoms with Gasteiger partial charge in [0.15, 0.2) is 10.9 Å². The van der Waals surface area contributed by atoms with E-state index in [1.807, 2.05) is 31.2 Å². The van der Waals surface area contributed by atoms with Crippen LogP contribution in [-0.4, -0.2) is 65.9 Å². The molecule has 3 aromatic rings. The Bertz CT molecular complexity index is 1300. The number of alkyl halides is 2. The summed E-state index contributed by atoms with van der Waals surface area (Å²) in [7, 11) is 1.55. The Balaban J connectivity index is 1.31. The lowest BCUT2D eigenvalue weighted by Crippen LogP contribution is -2.28. The van der Waals surface area contributed by atoms with Gasteiger partial charge in [-0.05, 0) is 36.6 Å². The van der Waals surface area contributed by atoms with Crippen LogP contribution in [0.2, 0.25) is 0 Å². The van der Waals surface area contributed by atoms with Crippen LogP contribution in [0.3, 0.4) is 0 Å². The van der Waals surface area contributed by atoms with Crippen LogP contribution in [0.5, 0.6) is 5.75 Å². The molecule has 1 aliphatic rings. The molecular formula is C27H32F2N6O3S. The molecule has 1 N–H and O–H groups in total. The first-order valence-corrected chi connectivity index (χ1v) is 13.5. The molecule has 1 aliphatic heterocycles. The third-order valence-electron chi connectivity index (χ3n) is 6.43. The molecule has 12 heteroatoms. The molecular weight excluding hydrogens is 526 g/mol. The molecule has 4 rings (SSSR count). The monoisotopic (exact) mass is 558 g/mol. The van der Waals surface area contributed by atoms with Gasteiger partial charge in [0, 0.05) is 39.6 Å². The van der Waals surface area contributed by atoms with E-state index in [9.17, 15) is 18.4 Å². The van der Waals surface area contributed by atoms with Crippen molar-refractivity contribution in [3.05, 3.63) is 52.7 Å². The van der Waals surface area contributed by atoms with Gasteiger partial charge in [-0.3, -0.25) is 9.59 Å². The predicted molar refractivity (Wildman–Crippen MR) is 148 cm³/mol. The third kappa shape index (κ3) is 7.47. The zero-order valence-electron chi connectivity index (χ0n) is 22.4. The van der Waals surface area contributed by atoms with Gasteiger partial charge in [0.05, 0.1) is 23.7 Å². The molecule has 2 aromatic heterocycles. The maximum atomic E-state index is 12.9. The normalized spacial score (nSPS) is 15.9. The fourth-order valence-electron chi connectivity index (χ4n) is 4.44. The van der Waals surface area contributed by atoms with Gasteiger partial charge in [-0.25, -0.2) is 18.7 Å². The van der Waals surface area contributed by atoms with E-state index in [0.29, 0.717) is 34.5 Å². The van der Waals surface area contributed by atoms with E-state index in [2.05, 4.69) is 25.2 Å². The van der Waals surface area contributed by atoms with Crippen LogP contribution >= 0.6 is 11.3 Å². The highest BCUT2D eigenvalue weighted by atomic mass is 32.1. The van der Waals surface area contributed by atoms with Crippen LogP contribution in [0, 0.1) is 6.92 Å². The van der Waals surface area contributed by atoms with Gasteiger partial charge >= 0.3 is 0 Å². The maximum Gasteiger partial charge on any atom is 0.255 e. The van der Waals surface area contributed by atoms with E-state index >= 15 is 0 Å². The lowest BCUT2D eigenvalue weighted by molar-refractivity contribution is -0.114. The first kappa shape index (κ1) is 28.3. The molecule has 39 heavy (non-hydrogen) atoms. The van der Waals surface area contributed by atoms with Crippen molar-refractivity contribution in [1.29, 1.82) is 0 Å². The molecule has 1 amide bonds. The molecule has 0 saturated carbocycles. The molecule has 1 unspecified atom stereocenters. The number of benzene rings is 1. The first-order chi connectivity index (χ1) is 18.6. The zero-order valence-corrected chi connectivity index (χ0v) is 23.2. The molecule has 0 aliphatic carbocycles. The second-order valence-corrected chi connectivity index (χ2v) is 10.7. The van der Waals surface area contributed by atoms with Crippen molar-refractivity contribution < 1.29 is 23.1 Å². The fraction of sp³-hybridized carbons (Fsp3) is 0.444. The van der Waals surface area contributed by atoms with Gasteiger partial charge in [-0.15, -0.1) is 0 Å². The summed E-state index contributed by atoms with van der Waals surface area (Å²) in [5, 5.41) is 3.07. The van der Waals surface area contributed by atoms with Crippen LogP contribution in [-0.2, 0) is 4.79 Å². The largest absolute Gasteiger partial charge is 0.489 e. The molecule has 2 atom stereocenters. The Morgan fingerprint density at radius 1 is 1.23 bits per heavy atom. The number of halogens is 2. The number of thiazole rings is 1. The predicted octanol–water partition coefficient (Wildman–Crippen LogP) is 4.94. The van der Waals surface area contributed by atoms with Crippen molar-refractivity contribution in [2.45, 2.75) is 52.1 Å². The number of ketones is 1. The van der Waals surface area contributed by atoms with E-state index in [-0.39, 0.29) is 29.7 Å². The number of carbonyl (C=O) groups is 2. The number of hydrogen-bond donors (Lipinski definition) is 1. The molecule has 1 aromatic carbocycles. The highest BCUT2D eigenvalue weighted by Gasteiger charge is 2.26. The van der Waals surface area contributed by atoms with E-state index in [1.54, 1.807) is 26.2 Å². The molecule has 208 valence electrons. The summed E-state index contributed by atoms with van der Waals surface area (Å²) in [6.45, 7) is 6.11. The molecule has 1 fully saturated rings. The summed E-state index contributed by atoms with van der Waals surface area (Å²) in [6, 6.07) is 9.53. The SMILES string of the molecule is CC(=O)Nc1nc(C)c(C(=O)C[C@@H](C)c2ccc(OC3CCN(c4ccnc(N(C)CC(F)F)n4)C3)cc2)s1. The van der Waals surface area contributed by atoms with Crippen molar-refractivity contribution in [3.8, 4) is 5.75 Å². The second-order valence-electron chi connectivity index (χ2n) is 9.67. The van der Waals surface area contributed by atoms with Crippen LogP contribution in [0.1, 0.15) is 53.5 Å². The van der Waals surface area contributed by atoms with Gasteiger partial charge in [-0.1, -0.05) is 30.4 Å². The number of carbonyl (C=O) groups excluding carboxylic acids is 2. The lowest BCUT2D eigenvalue weighted by Gasteiger charge is -2.21. The van der Waals surface area contributed by atoms with Crippen molar-refractivity contribution in [2.24, 2.45) is 0 Å². The van der Waals surface area contributed by atoms with E-state index < -0.39 is 13.0 Å². The first-order valence-electron chi connectivity index (χ1n) is 12.7. The number of amides is 1. The molecule has 0 bridgehead atoms. The summed E-state index contributed by atoms with van der Waals surface area (Å²) in [4.78, 5) is 41.0. The second kappa shape index (κ2) is 12.5. The van der Waals surface area contributed by atoms with Crippen LogP contribution in [0.15, 0.2) is 36.5 Å². The summed E-state index contributed by atoms with van der Waals surface area (Å²) in [6.07, 6.45) is 0.200. The van der Waals surface area contributed by atoms with Gasteiger partial charge in [0.1, 0.15) is 17.7 Å². The number of aryl methyl sites for hydroxylation is 1. The van der Waals surface area contributed by atoms with E-state index in [4.69, 9.17) is 4.74 Å².